The Hall–Kier alpha value is -0.610. The zero-order valence-corrected chi connectivity index (χ0v) is 5.75. The third-order valence-electron chi connectivity index (χ3n) is 1.65. The lowest BCUT2D eigenvalue weighted by molar-refractivity contribution is -0.133. The van der Waals surface area contributed by atoms with E-state index in [2.05, 4.69) is 0 Å². The van der Waals surface area contributed by atoms with Gasteiger partial charge in [0.25, 0.3) is 0 Å². The van der Waals surface area contributed by atoms with Crippen LogP contribution in [0.1, 0.15) is 12.8 Å². The van der Waals surface area contributed by atoms with E-state index in [9.17, 15) is 4.79 Å². The zero-order chi connectivity index (χ0) is 7.56. The first-order valence-corrected chi connectivity index (χ1v) is 3.38. The minimum Gasteiger partial charge on any atom is -0.367 e. The average molecular weight is 144 g/mol. The van der Waals surface area contributed by atoms with Crippen molar-refractivity contribution in [2.45, 2.75) is 25.0 Å². The highest BCUT2D eigenvalue weighted by Crippen LogP contribution is 2.10. The number of amides is 1. The molecule has 0 aromatic heterocycles. The molecule has 1 rings (SSSR count). The molecular formula is C6H12N2O2. The van der Waals surface area contributed by atoms with E-state index >= 15 is 0 Å². The molecule has 0 spiro atoms. The summed E-state index contributed by atoms with van der Waals surface area (Å²) >= 11 is 0. The van der Waals surface area contributed by atoms with Crippen molar-refractivity contribution in [3.63, 3.8) is 0 Å². The molecule has 1 amide bonds. The van der Waals surface area contributed by atoms with Crippen LogP contribution < -0.4 is 11.5 Å². The van der Waals surface area contributed by atoms with Crippen LogP contribution in [0.2, 0.25) is 0 Å². The van der Waals surface area contributed by atoms with Gasteiger partial charge in [0.15, 0.2) is 6.10 Å². The van der Waals surface area contributed by atoms with Gasteiger partial charge in [0.1, 0.15) is 0 Å². The van der Waals surface area contributed by atoms with Crippen LogP contribution >= 0.6 is 0 Å². The summed E-state index contributed by atoms with van der Waals surface area (Å²) in [7, 11) is 0. The third kappa shape index (κ3) is 1.46. The smallest absolute Gasteiger partial charge is 0.248 e. The van der Waals surface area contributed by atoms with Crippen LogP contribution in [0, 0.1) is 0 Å². The van der Waals surface area contributed by atoms with Gasteiger partial charge < -0.3 is 16.2 Å². The molecule has 0 aliphatic carbocycles. The van der Waals surface area contributed by atoms with E-state index in [0.29, 0.717) is 6.61 Å². The van der Waals surface area contributed by atoms with Crippen molar-refractivity contribution in [3.05, 3.63) is 0 Å². The molecule has 1 aliphatic rings. The van der Waals surface area contributed by atoms with E-state index in [-0.39, 0.29) is 6.04 Å². The maximum atomic E-state index is 10.6. The van der Waals surface area contributed by atoms with Gasteiger partial charge in [-0.25, -0.2) is 0 Å². The summed E-state index contributed by atoms with van der Waals surface area (Å²) < 4.78 is 5.05. The molecule has 1 heterocycles. The first-order valence-electron chi connectivity index (χ1n) is 3.38. The SMILES string of the molecule is NC(=O)C1OCCCC1N. The maximum absolute atomic E-state index is 10.6. The molecule has 0 radical (unpaired) electrons. The predicted octanol–water partition coefficient (Wildman–Crippen LogP) is -1.02. The van der Waals surface area contributed by atoms with Crippen LogP contribution in [0.25, 0.3) is 0 Å². The molecule has 0 aromatic rings. The van der Waals surface area contributed by atoms with Gasteiger partial charge in [0, 0.05) is 12.6 Å². The molecule has 1 fully saturated rings. The van der Waals surface area contributed by atoms with Crippen molar-refractivity contribution in [1.82, 2.24) is 0 Å². The van der Waals surface area contributed by atoms with E-state index in [1.807, 2.05) is 0 Å². The molecule has 1 aliphatic heterocycles. The summed E-state index contributed by atoms with van der Waals surface area (Å²) in [6, 6.07) is -0.203. The number of nitrogens with two attached hydrogens (primary N) is 2. The predicted molar refractivity (Wildman–Crippen MR) is 36.1 cm³/mol. The average Bonchev–Trinajstić information content (AvgIpc) is 1.88. The van der Waals surface area contributed by atoms with Gasteiger partial charge in [-0.3, -0.25) is 4.79 Å². The number of primary amides is 1. The molecular weight excluding hydrogens is 132 g/mol. The quantitative estimate of drug-likeness (QED) is 0.494. The summed E-state index contributed by atoms with van der Waals surface area (Å²) in [5, 5.41) is 0. The normalized spacial score (nSPS) is 33.7. The highest BCUT2D eigenvalue weighted by molar-refractivity contribution is 5.79. The van der Waals surface area contributed by atoms with Gasteiger partial charge >= 0.3 is 0 Å². The molecule has 10 heavy (non-hydrogen) atoms. The van der Waals surface area contributed by atoms with E-state index < -0.39 is 12.0 Å². The Balaban J connectivity index is 2.47. The lowest BCUT2D eigenvalue weighted by Gasteiger charge is -2.25. The number of ether oxygens (including phenoxy) is 1. The minimum absolute atomic E-state index is 0.203. The van der Waals surface area contributed by atoms with Crippen molar-refractivity contribution >= 4 is 5.91 Å². The minimum atomic E-state index is -0.561. The fourth-order valence-electron chi connectivity index (χ4n) is 1.10. The summed E-state index contributed by atoms with van der Waals surface area (Å²) in [6.07, 6.45) is 1.19. The number of hydrogen-bond acceptors (Lipinski definition) is 3. The molecule has 0 saturated carbocycles. The Labute approximate surface area is 59.5 Å². The van der Waals surface area contributed by atoms with E-state index in [0.717, 1.165) is 12.8 Å². The fourth-order valence-corrected chi connectivity index (χ4v) is 1.10. The Bertz CT molecular complexity index is 138. The molecule has 4 heteroatoms. The molecule has 4 nitrogen and oxygen atoms in total. The lowest BCUT2D eigenvalue weighted by atomic mass is 10.0. The Morgan fingerprint density at radius 2 is 2.30 bits per heavy atom. The second-order valence-electron chi connectivity index (χ2n) is 2.50. The summed E-state index contributed by atoms with van der Waals surface area (Å²) in [6.45, 7) is 0.599. The molecule has 0 aromatic carbocycles. The van der Waals surface area contributed by atoms with Crippen LogP contribution in [0.3, 0.4) is 0 Å². The number of carbonyl (C=O) groups excluding carboxylic acids is 1. The second kappa shape index (κ2) is 2.98. The number of carbonyl (C=O) groups is 1. The molecule has 58 valence electrons. The lowest BCUT2D eigenvalue weighted by Crippen LogP contribution is -2.48. The van der Waals surface area contributed by atoms with Gasteiger partial charge in [-0.2, -0.15) is 0 Å². The summed E-state index contributed by atoms with van der Waals surface area (Å²) in [5.41, 5.74) is 10.6. The van der Waals surface area contributed by atoms with Crippen molar-refractivity contribution in [2.24, 2.45) is 11.5 Å². The van der Waals surface area contributed by atoms with Crippen LogP contribution in [-0.2, 0) is 9.53 Å². The van der Waals surface area contributed by atoms with E-state index in [4.69, 9.17) is 16.2 Å². The zero-order valence-electron chi connectivity index (χ0n) is 5.75. The standard InChI is InChI=1S/C6H12N2O2/c7-4-2-1-3-10-5(4)6(8)9/h4-5H,1-3,7H2,(H2,8,9). The third-order valence-corrected chi connectivity index (χ3v) is 1.65. The Morgan fingerprint density at radius 1 is 1.60 bits per heavy atom. The highest BCUT2D eigenvalue weighted by Gasteiger charge is 2.26. The number of hydrogen-bond donors (Lipinski definition) is 2. The van der Waals surface area contributed by atoms with Crippen LogP contribution in [0.15, 0.2) is 0 Å². The largest absolute Gasteiger partial charge is 0.367 e. The van der Waals surface area contributed by atoms with Crippen LogP contribution in [-0.4, -0.2) is 24.7 Å². The molecule has 0 bridgehead atoms. The van der Waals surface area contributed by atoms with Gasteiger partial charge in [0.05, 0.1) is 0 Å². The molecule has 2 atom stereocenters. The van der Waals surface area contributed by atoms with E-state index in [1.165, 1.54) is 0 Å². The molecule has 4 N–H and O–H groups in total. The van der Waals surface area contributed by atoms with E-state index in [1.54, 1.807) is 0 Å². The van der Waals surface area contributed by atoms with Gasteiger partial charge in [-0.15, -0.1) is 0 Å². The summed E-state index contributed by atoms with van der Waals surface area (Å²) in [4.78, 5) is 10.6. The molecule has 1 saturated heterocycles. The van der Waals surface area contributed by atoms with Crippen LogP contribution in [0.5, 0.6) is 0 Å². The maximum Gasteiger partial charge on any atom is 0.248 e. The van der Waals surface area contributed by atoms with Gasteiger partial charge in [0.2, 0.25) is 5.91 Å². The van der Waals surface area contributed by atoms with Crippen molar-refractivity contribution in [2.75, 3.05) is 6.61 Å². The molecule has 2 unspecified atom stereocenters. The van der Waals surface area contributed by atoms with Crippen molar-refractivity contribution < 1.29 is 9.53 Å². The monoisotopic (exact) mass is 144 g/mol. The topological polar surface area (TPSA) is 78.3 Å². The summed E-state index contributed by atoms with van der Waals surface area (Å²) in [5.74, 6) is -0.452. The van der Waals surface area contributed by atoms with Crippen molar-refractivity contribution in [3.8, 4) is 0 Å². The van der Waals surface area contributed by atoms with Gasteiger partial charge in [-0.1, -0.05) is 0 Å². The Kier molecular flexibility index (Phi) is 2.24. The first kappa shape index (κ1) is 7.50. The first-order chi connectivity index (χ1) is 4.72. The highest BCUT2D eigenvalue weighted by atomic mass is 16.5. The van der Waals surface area contributed by atoms with Gasteiger partial charge in [-0.05, 0) is 12.8 Å². The Morgan fingerprint density at radius 3 is 2.70 bits per heavy atom. The van der Waals surface area contributed by atoms with Crippen molar-refractivity contribution in [1.29, 1.82) is 0 Å². The van der Waals surface area contributed by atoms with Crippen LogP contribution in [0.4, 0.5) is 0 Å². The number of rotatable bonds is 1. The fraction of sp³-hybridized carbons (Fsp3) is 0.833. The second-order valence-corrected chi connectivity index (χ2v) is 2.50.